The summed E-state index contributed by atoms with van der Waals surface area (Å²) < 4.78 is 4.79. The summed E-state index contributed by atoms with van der Waals surface area (Å²) in [6.07, 6.45) is 3.35. The van der Waals surface area contributed by atoms with E-state index in [1.54, 1.807) is 25.1 Å². The Labute approximate surface area is 156 Å². The van der Waals surface area contributed by atoms with Gasteiger partial charge in [0.25, 0.3) is 5.91 Å². The van der Waals surface area contributed by atoms with Gasteiger partial charge in [0, 0.05) is 22.3 Å². The molecule has 0 bridgehead atoms. The molecule has 1 aromatic carbocycles. The van der Waals surface area contributed by atoms with Gasteiger partial charge in [0.15, 0.2) is 5.69 Å². The number of nitrogens with one attached hydrogen (secondary N) is 1. The largest absolute Gasteiger partial charge is 0.505 e. The van der Waals surface area contributed by atoms with E-state index >= 15 is 0 Å². The number of benzene rings is 1. The number of hydrogen-bond acceptors (Lipinski definition) is 5. The van der Waals surface area contributed by atoms with Crippen LogP contribution in [0, 0.1) is 6.92 Å². The lowest BCUT2D eigenvalue weighted by Crippen LogP contribution is -2.59. The number of carbonyl (C=O) groups excluding carboxylic acids is 2. The summed E-state index contributed by atoms with van der Waals surface area (Å²) in [5, 5.41) is 13.7. The maximum atomic E-state index is 12.6. The summed E-state index contributed by atoms with van der Waals surface area (Å²) in [5.41, 5.74) is 0.818. The fourth-order valence-corrected chi connectivity index (χ4v) is 3.28. The number of ether oxygens (including phenoxy) is 1. The minimum Gasteiger partial charge on any atom is -0.505 e. The maximum Gasteiger partial charge on any atom is 0.331 e. The van der Waals surface area contributed by atoms with Crippen LogP contribution in [-0.2, 0) is 9.53 Å². The van der Waals surface area contributed by atoms with Gasteiger partial charge in [0.05, 0.1) is 7.11 Å². The molecular formula is C19H19ClN2O4. The summed E-state index contributed by atoms with van der Waals surface area (Å²) in [6, 6.07) is 7.15. The van der Waals surface area contributed by atoms with Crippen LogP contribution in [0.3, 0.4) is 0 Å². The van der Waals surface area contributed by atoms with Crippen molar-refractivity contribution in [2.45, 2.75) is 31.7 Å². The molecule has 136 valence electrons. The lowest BCUT2D eigenvalue weighted by Gasteiger charge is -2.39. The average Bonchev–Trinajstić information content (AvgIpc) is 2.59. The van der Waals surface area contributed by atoms with E-state index in [9.17, 15) is 14.7 Å². The van der Waals surface area contributed by atoms with Gasteiger partial charge in [0.2, 0.25) is 0 Å². The number of carbonyl (C=O) groups is 2. The zero-order valence-corrected chi connectivity index (χ0v) is 15.3. The molecule has 1 heterocycles. The third kappa shape index (κ3) is 3.12. The molecule has 0 aliphatic heterocycles. The molecule has 1 aliphatic carbocycles. The van der Waals surface area contributed by atoms with E-state index in [0.29, 0.717) is 29.0 Å². The molecule has 2 N–H and O–H groups in total. The number of halogens is 1. The predicted molar refractivity (Wildman–Crippen MR) is 97.1 cm³/mol. The quantitative estimate of drug-likeness (QED) is 0.802. The van der Waals surface area contributed by atoms with Crippen LogP contribution in [0.25, 0.3) is 11.1 Å². The zero-order chi connectivity index (χ0) is 18.9. The van der Waals surface area contributed by atoms with E-state index in [4.69, 9.17) is 16.3 Å². The van der Waals surface area contributed by atoms with Gasteiger partial charge in [-0.3, -0.25) is 4.79 Å². The van der Waals surface area contributed by atoms with Crippen LogP contribution in [-0.4, -0.2) is 34.6 Å². The highest BCUT2D eigenvalue weighted by molar-refractivity contribution is 6.30. The fraction of sp³-hybridized carbons (Fsp3) is 0.316. The van der Waals surface area contributed by atoms with Gasteiger partial charge in [-0.25, -0.2) is 9.78 Å². The SMILES string of the molecule is COC(=O)C1(NC(=O)c2ncc(-c3cccc(Cl)c3)c(C)c2O)CCC1. The molecule has 1 aromatic heterocycles. The average molecular weight is 375 g/mol. The van der Waals surface area contributed by atoms with Crippen molar-refractivity contribution in [3.8, 4) is 16.9 Å². The third-order valence-electron chi connectivity index (χ3n) is 4.79. The first-order chi connectivity index (χ1) is 12.4. The van der Waals surface area contributed by atoms with Gasteiger partial charge >= 0.3 is 5.97 Å². The van der Waals surface area contributed by atoms with Crippen LogP contribution in [0.15, 0.2) is 30.5 Å². The van der Waals surface area contributed by atoms with E-state index in [0.717, 1.165) is 12.0 Å². The van der Waals surface area contributed by atoms with Gasteiger partial charge in [-0.1, -0.05) is 23.7 Å². The normalized spacial score (nSPS) is 15.0. The lowest BCUT2D eigenvalue weighted by molar-refractivity contribution is -0.152. The highest BCUT2D eigenvalue weighted by Gasteiger charge is 2.47. The molecule has 0 radical (unpaired) electrons. The van der Waals surface area contributed by atoms with Crippen molar-refractivity contribution < 1.29 is 19.4 Å². The van der Waals surface area contributed by atoms with Crippen molar-refractivity contribution in [3.63, 3.8) is 0 Å². The number of aromatic hydroxyl groups is 1. The summed E-state index contributed by atoms with van der Waals surface area (Å²) in [5.74, 6) is -1.31. The van der Waals surface area contributed by atoms with Crippen LogP contribution in [0.5, 0.6) is 5.75 Å². The van der Waals surface area contributed by atoms with Crippen molar-refractivity contribution in [2.75, 3.05) is 7.11 Å². The van der Waals surface area contributed by atoms with E-state index < -0.39 is 17.4 Å². The van der Waals surface area contributed by atoms with Gasteiger partial charge in [-0.15, -0.1) is 0 Å². The summed E-state index contributed by atoms with van der Waals surface area (Å²) in [4.78, 5) is 28.7. The summed E-state index contributed by atoms with van der Waals surface area (Å²) >= 11 is 6.02. The molecule has 1 aliphatic rings. The summed E-state index contributed by atoms with van der Waals surface area (Å²) in [6.45, 7) is 1.70. The number of rotatable bonds is 4. The Balaban J connectivity index is 1.91. The highest BCUT2D eigenvalue weighted by atomic mass is 35.5. The van der Waals surface area contributed by atoms with Crippen molar-refractivity contribution in [1.82, 2.24) is 10.3 Å². The molecule has 0 unspecified atom stereocenters. The molecule has 6 nitrogen and oxygen atoms in total. The Bertz CT molecular complexity index is 878. The van der Waals surface area contributed by atoms with Crippen LogP contribution < -0.4 is 5.32 Å². The molecule has 1 saturated carbocycles. The number of methoxy groups -OCH3 is 1. The molecule has 2 aromatic rings. The monoisotopic (exact) mass is 374 g/mol. The molecule has 0 atom stereocenters. The van der Waals surface area contributed by atoms with Crippen LogP contribution in [0.4, 0.5) is 0 Å². The molecule has 26 heavy (non-hydrogen) atoms. The van der Waals surface area contributed by atoms with Gasteiger partial charge in [-0.05, 0) is 43.9 Å². The number of hydrogen-bond donors (Lipinski definition) is 2. The second-order valence-electron chi connectivity index (χ2n) is 6.39. The minimum absolute atomic E-state index is 0.122. The minimum atomic E-state index is -1.03. The predicted octanol–water partition coefficient (Wildman–Crippen LogP) is 3.24. The number of pyridine rings is 1. The highest BCUT2D eigenvalue weighted by Crippen LogP contribution is 2.35. The maximum absolute atomic E-state index is 12.6. The zero-order valence-electron chi connectivity index (χ0n) is 14.5. The van der Waals surface area contributed by atoms with Crippen molar-refractivity contribution >= 4 is 23.5 Å². The Morgan fingerprint density at radius 2 is 2.08 bits per heavy atom. The fourth-order valence-electron chi connectivity index (χ4n) is 3.09. The van der Waals surface area contributed by atoms with Gasteiger partial charge in [-0.2, -0.15) is 0 Å². The van der Waals surface area contributed by atoms with Crippen molar-refractivity contribution in [3.05, 3.63) is 46.7 Å². The lowest BCUT2D eigenvalue weighted by atomic mass is 9.76. The van der Waals surface area contributed by atoms with Crippen LogP contribution in [0.1, 0.15) is 35.3 Å². The molecular weight excluding hydrogens is 356 g/mol. The molecule has 3 rings (SSSR count). The van der Waals surface area contributed by atoms with E-state index in [1.165, 1.54) is 13.3 Å². The molecule has 0 spiro atoms. The number of nitrogens with zero attached hydrogens (tertiary/aromatic N) is 1. The second-order valence-corrected chi connectivity index (χ2v) is 6.82. The van der Waals surface area contributed by atoms with E-state index in [1.807, 2.05) is 6.07 Å². The Kier molecular flexibility index (Phi) is 4.87. The Morgan fingerprint density at radius 1 is 1.35 bits per heavy atom. The Morgan fingerprint density at radius 3 is 2.65 bits per heavy atom. The van der Waals surface area contributed by atoms with Crippen molar-refractivity contribution in [1.29, 1.82) is 0 Å². The van der Waals surface area contributed by atoms with E-state index in [2.05, 4.69) is 10.3 Å². The summed E-state index contributed by atoms with van der Waals surface area (Å²) in [7, 11) is 1.29. The first-order valence-corrected chi connectivity index (χ1v) is 8.61. The third-order valence-corrected chi connectivity index (χ3v) is 5.03. The van der Waals surface area contributed by atoms with Crippen molar-refractivity contribution in [2.24, 2.45) is 0 Å². The smallest absolute Gasteiger partial charge is 0.331 e. The van der Waals surface area contributed by atoms with E-state index in [-0.39, 0.29) is 11.4 Å². The number of esters is 1. The standard InChI is InChI=1S/C19H19ClN2O4/c1-11-14(12-5-3-6-13(20)9-12)10-21-15(16(11)23)17(24)22-19(7-4-8-19)18(25)26-2/h3,5-6,9-10,23H,4,7-8H2,1-2H3,(H,22,24). The van der Waals surface area contributed by atoms with Crippen LogP contribution >= 0.6 is 11.6 Å². The first-order valence-electron chi connectivity index (χ1n) is 8.23. The molecule has 7 heteroatoms. The molecule has 1 amide bonds. The van der Waals surface area contributed by atoms with Crippen LogP contribution in [0.2, 0.25) is 5.02 Å². The molecule has 0 saturated heterocycles. The second kappa shape index (κ2) is 6.96. The number of amides is 1. The molecule has 1 fully saturated rings. The Hall–Kier alpha value is -2.60. The van der Waals surface area contributed by atoms with Gasteiger partial charge < -0.3 is 15.2 Å². The topological polar surface area (TPSA) is 88.5 Å². The van der Waals surface area contributed by atoms with Gasteiger partial charge in [0.1, 0.15) is 11.3 Å². The first kappa shape index (κ1) is 18.2. The number of aromatic nitrogens is 1.